The zero-order valence-corrected chi connectivity index (χ0v) is 14.1. The van der Waals surface area contributed by atoms with E-state index in [0.717, 1.165) is 0 Å². The zero-order chi connectivity index (χ0) is 16.3. The summed E-state index contributed by atoms with van der Waals surface area (Å²) in [5.74, 6) is -0.372. The van der Waals surface area contributed by atoms with E-state index in [4.69, 9.17) is 46.4 Å². The molecule has 0 spiro atoms. The Kier molecular flexibility index (Phi) is 5.95. The van der Waals surface area contributed by atoms with Gasteiger partial charge in [0, 0.05) is 27.7 Å². The second kappa shape index (κ2) is 7.53. The molecule has 0 aromatic heterocycles. The Hall–Kier alpha value is -0.970. The van der Waals surface area contributed by atoms with Crippen molar-refractivity contribution in [1.82, 2.24) is 5.32 Å². The molecule has 22 heavy (non-hydrogen) atoms. The van der Waals surface area contributed by atoms with E-state index in [1.54, 1.807) is 18.2 Å². The molecular formula is C15H11Cl4NO2. The fraction of sp³-hybridized carbons (Fsp3) is 0.133. The van der Waals surface area contributed by atoms with Crippen LogP contribution in [0.4, 0.5) is 0 Å². The predicted molar refractivity (Wildman–Crippen MR) is 90.2 cm³/mol. The molecule has 1 atom stereocenters. The first kappa shape index (κ1) is 17.4. The van der Waals surface area contributed by atoms with Crippen molar-refractivity contribution in [1.29, 1.82) is 0 Å². The van der Waals surface area contributed by atoms with E-state index in [9.17, 15) is 9.90 Å². The topological polar surface area (TPSA) is 49.3 Å². The molecule has 1 unspecified atom stereocenters. The monoisotopic (exact) mass is 377 g/mol. The fourth-order valence-electron chi connectivity index (χ4n) is 1.81. The Morgan fingerprint density at radius 2 is 1.73 bits per heavy atom. The summed E-state index contributed by atoms with van der Waals surface area (Å²) in [6.07, 6.45) is -0.948. The highest BCUT2D eigenvalue weighted by Gasteiger charge is 2.14. The van der Waals surface area contributed by atoms with Gasteiger partial charge in [0.25, 0.3) is 5.91 Å². The van der Waals surface area contributed by atoms with Gasteiger partial charge in [-0.15, -0.1) is 0 Å². The van der Waals surface area contributed by atoms with Crippen molar-refractivity contribution in [3.63, 3.8) is 0 Å². The van der Waals surface area contributed by atoms with Crippen LogP contribution in [0, 0.1) is 0 Å². The van der Waals surface area contributed by atoms with Crippen molar-refractivity contribution in [3.8, 4) is 0 Å². The highest BCUT2D eigenvalue weighted by Crippen LogP contribution is 2.26. The lowest BCUT2D eigenvalue weighted by Gasteiger charge is -2.14. The Morgan fingerprint density at radius 1 is 1.00 bits per heavy atom. The number of carbonyl (C=O) groups is 1. The molecule has 0 saturated heterocycles. The van der Waals surface area contributed by atoms with E-state index in [1.165, 1.54) is 18.2 Å². The minimum Gasteiger partial charge on any atom is -0.387 e. The molecule has 0 aliphatic heterocycles. The number of benzene rings is 2. The van der Waals surface area contributed by atoms with Crippen LogP contribution in [0.25, 0.3) is 0 Å². The van der Waals surface area contributed by atoms with E-state index in [-0.39, 0.29) is 17.5 Å². The number of hydrogen-bond acceptors (Lipinski definition) is 2. The Labute approximate surface area is 147 Å². The smallest absolute Gasteiger partial charge is 0.251 e. The van der Waals surface area contributed by atoms with Gasteiger partial charge in [0.05, 0.1) is 16.1 Å². The van der Waals surface area contributed by atoms with Crippen LogP contribution >= 0.6 is 46.4 Å². The minimum absolute atomic E-state index is 0.000428. The average molecular weight is 379 g/mol. The summed E-state index contributed by atoms with van der Waals surface area (Å²) in [5, 5.41) is 14.2. The molecule has 0 radical (unpaired) electrons. The van der Waals surface area contributed by atoms with Crippen molar-refractivity contribution < 1.29 is 9.90 Å². The number of amides is 1. The first-order valence-electron chi connectivity index (χ1n) is 6.24. The van der Waals surface area contributed by atoms with Crippen molar-refractivity contribution >= 4 is 52.3 Å². The molecule has 0 aliphatic carbocycles. The van der Waals surface area contributed by atoms with Gasteiger partial charge in [0.1, 0.15) is 0 Å². The predicted octanol–water partition coefficient (Wildman–Crippen LogP) is 4.76. The van der Waals surface area contributed by atoms with Gasteiger partial charge in [-0.1, -0.05) is 52.5 Å². The fourth-order valence-corrected chi connectivity index (χ4v) is 2.64. The SMILES string of the molecule is O=C(NCC(O)c1ccc(Cl)cc1Cl)c1ccc(Cl)c(Cl)c1. The van der Waals surface area contributed by atoms with Gasteiger partial charge in [-0.3, -0.25) is 4.79 Å². The number of nitrogens with one attached hydrogen (secondary N) is 1. The van der Waals surface area contributed by atoms with Gasteiger partial charge in [-0.2, -0.15) is 0 Å². The van der Waals surface area contributed by atoms with E-state index in [2.05, 4.69) is 5.32 Å². The number of aliphatic hydroxyl groups excluding tert-OH is 1. The maximum absolute atomic E-state index is 12.0. The van der Waals surface area contributed by atoms with Gasteiger partial charge >= 0.3 is 0 Å². The number of aliphatic hydroxyl groups is 1. The van der Waals surface area contributed by atoms with Gasteiger partial charge in [-0.05, 0) is 30.3 Å². The van der Waals surface area contributed by atoms with E-state index >= 15 is 0 Å². The Morgan fingerprint density at radius 3 is 2.36 bits per heavy atom. The summed E-state index contributed by atoms with van der Waals surface area (Å²) >= 11 is 23.5. The second-order valence-corrected chi connectivity index (χ2v) is 6.18. The van der Waals surface area contributed by atoms with Gasteiger partial charge < -0.3 is 10.4 Å². The summed E-state index contributed by atoms with van der Waals surface area (Å²) < 4.78 is 0. The van der Waals surface area contributed by atoms with Gasteiger partial charge in [0.2, 0.25) is 0 Å². The molecule has 2 aromatic rings. The Balaban J connectivity index is 2.02. The number of carbonyl (C=O) groups excluding carboxylic acids is 1. The minimum atomic E-state index is -0.948. The largest absolute Gasteiger partial charge is 0.387 e. The van der Waals surface area contributed by atoms with Crippen LogP contribution in [0.2, 0.25) is 20.1 Å². The second-order valence-electron chi connectivity index (χ2n) is 4.52. The summed E-state index contributed by atoms with van der Waals surface area (Å²) in [6, 6.07) is 9.30. The van der Waals surface area contributed by atoms with Crippen molar-refractivity contribution in [2.45, 2.75) is 6.10 Å². The molecule has 2 N–H and O–H groups in total. The molecule has 0 fully saturated rings. The lowest BCUT2D eigenvalue weighted by molar-refractivity contribution is 0.0916. The summed E-state index contributed by atoms with van der Waals surface area (Å²) in [4.78, 5) is 12.0. The third-order valence-corrected chi connectivity index (χ3v) is 4.26. The van der Waals surface area contributed by atoms with E-state index in [0.29, 0.717) is 26.2 Å². The maximum Gasteiger partial charge on any atom is 0.251 e. The molecular weight excluding hydrogens is 368 g/mol. The first-order valence-corrected chi connectivity index (χ1v) is 7.76. The van der Waals surface area contributed by atoms with Gasteiger partial charge in [-0.25, -0.2) is 0 Å². The van der Waals surface area contributed by atoms with Gasteiger partial charge in [0.15, 0.2) is 0 Å². The quantitative estimate of drug-likeness (QED) is 0.805. The third-order valence-electron chi connectivity index (χ3n) is 2.96. The molecule has 3 nitrogen and oxygen atoms in total. The maximum atomic E-state index is 12.0. The molecule has 7 heteroatoms. The van der Waals surface area contributed by atoms with Crippen LogP contribution in [0.15, 0.2) is 36.4 Å². The number of hydrogen-bond donors (Lipinski definition) is 2. The van der Waals surface area contributed by atoms with Crippen molar-refractivity contribution in [2.24, 2.45) is 0 Å². The molecule has 2 aromatic carbocycles. The van der Waals surface area contributed by atoms with Crippen LogP contribution in [0.1, 0.15) is 22.0 Å². The highest BCUT2D eigenvalue weighted by molar-refractivity contribution is 6.42. The number of rotatable bonds is 4. The Bertz CT molecular complexity index is 706. The van der Waals surface area contributed by atoms with E-state index in [1.807, 2.05) is 0 Å². The third kappa shape index (κ3) is 4.28. The molecule has 0 heterocycles. The highest BCUT2D eigenvalue weighted by atomic mass is 35.5. The van der Waals surface area contributed by atoms with Crippen LogP contribution < -0.4 is 5.32 Å². The van der Waals surface area contributed by atoms with Crippen LogP contribution in [-0.4, -0.2) is 17.6 Å². The summed E-state index contributed by atoms with van der Waals surface area (Å²) in [5.41, 5.74) is 0.837. The first-order chi connectivity index (χ1) is 10.4. The zero-order valence-electron chi connectivity index (χ0n) is 11.1. The van der Waals surface area contributed by atoms with Crippen LogP contribution in [0.5, 0.6) is 0 Å². The van der Waals surface area contributed by atoms with Crippen LogP contribution in [-0.2, 0) is 0 Å². The molecule has 0 aliphatic rings. The summed E-state index contributed by atoms with van der Waals surface area (Å²) in [6.45, 7) is 0.000428. The standard InChI is InChI=1S/C15H11Cl4NO2/c16-9-2-3-10(12(18)6-9)14(21)7-20-15(22)8-1-4-11(17)13(19)5-8/h1-6,14,21H,7H2,(H,20,22). The molecule has 0 bridgehead atoms. The number of halogens is 4. The average Bonchev–Trinajstić information content (AvgIpc) is 2.47. The molecule has 0 saturated carbocycles. The van der Waals surface area contributed by atoms with Crippen LogP contribution in [0.3, 0.4) is 0 Å². The summed E-state index contributed by atoms with van der Waals surface area (Å²) in [7, 11) is 0. The molecule has 2 rings (SSSR count). The normalized spacial score (nSPS) is 12.0. The lowest BCUT2D eigenvalue weighted by atomic mass is 10.1. The molecule has 116 valence electrons. The van der Waals surface area contributed by atoms with Crippen molar-refractivity contribution in [2.75, 3.05) is 6.54 Å². The van der Waals surface area contributed by atoms with E-state index < -0.39 is 6.10 Å². The lowest BCUT2D eigenvalue weighted by Crippen LogP contribution is -2.28. The molecule has 1 amide bonds. The van der Waals surface area contributed by atoms with Crippen molar-refractivity contribution in [3.05, 3.63) is 67.6 Å².